The predicted molar refractivity (Wildman–Crippen MR) is 104 cm³/mol. The van der Waals surface area contributed by atoms with Crippen molar-refractivity contribution < 1.29 is 4.74 Å². The van der Waals surface area contributed by atoms with Gasteiger partial charge in [-0.15, -0.1) is 0 Å². The minimum Gasteiger partial charge on any atom is -0.494 e. The topological polar surface area (TPSA) is 12.5 Å². The van der Waals surface area contributed by atoms with Crippen LogP contribution >= 0.6 is 15.9 Å². The summed E-state index contributed by atoms with van der Waals surface area (Å²) in [6, 6.07) is 6.70. The average molecular weight is 382 g/mol. The second-order valence-electron chi connectivity index (χ2n) is 6.54. The standard InChI is InChI=1S/C20H32BrNO/c1-2-3-4-5-7-14-22-15-9-10-18-17-19(11-12-20(18)22)23-16-8-6-13-21/h11-12,17H,2-10,13-16H2,1H3. The van der Waals surface area contributed by atoms with Crippen LogP contribution < -0.4 is 9.64 Å². The lowest BCUT2D eigenvalue weighted by molar-refractivity contribution is 0.309. The summed E-state index contributed by atoms with van der Waals surface area (Å²) < 4.78 is 5.90. The Bertz CT molecular complexity index is 449. The zero-order chi connectivity index (χ0) is 16.3. The number of halogens is 1. The predicted octanol–water partition coefficient (Wildman–Crippen LogP) is 5.96. The van der Waals surface area contributed by atoms with Crippen LogP contribution in [-0.2, 0) is 6.42 Å². The van der Waals surface area contributed by atoms with E-state index >= 15 is 0 Å². The molecule has 0 radical (unpaired) electrons. The summed E-state index contributed by atoms with van der Waals surface area (Å²) in [4.78, 5) is 2.58. The molecule has 0 aliphatic carbocycles. The van der Waals surface area contributed by atoms with Crippen molar-refractivity contribution in [1.82, 2.24) is 0 Å². The third kappa shape index (κ3) is 6.37. The van der Waals surface area contributed by atoms with Gasteiger partial charge in [-0.3, -0.25) is 0 Å². The summed E-state index contributed by atoms with van der Waals surface area (Å²) in [5.41, 5.74) is 2.92. The Balaban J connectivity index is 1.83. The zero-order valence-corrected chi connectivity index (χ0v) is 16.2. The third-order valence-electron chi connectivity index (χ3n) is 4.59. The van der Waals surface area contributed by atoms with Crippen LogP contribution in [0.4, 0.5) is 5.69 Å². The van der Waals surface area contributed by atoms with Gasteiger partial charge < -0.3 is 9.64 Å². The van der Waals surface area contributed by atoms with Gasteiger partial charge in [0.2, 0.25) is 0 Å². The first-order valence-electron chi connectivity index (χ1n) is 9.41. The summed E-state index contributed by atoms with van der Waals surface area (Å²) in [6.07, 6.45) is 11.5. The van der Waals surface area contributed by atoms with Gasteiger partial charge in [-0.25, -0.2) is 0 Å². The number of benzene rings is 1. The molecule has 0 spiro atoms. The molecule has 23 heavy (non-hydrogen) atoms. The Morgan fingerprint density at radius 1 is 1.09 bits per heavy atom. The third-order valence-corrected chi connectivity index (χ3v) is 5.15. The molecule has 1 aliphatic rings. The molecule has 0 saturated heterocycles. The van der Waals surface area contributed by atoms with Crippen molar-refractivity contribution in [3.05, 3.63) is 23.8 Å². The molecule has 1 heterocycles. The van der Waals surface area contributed by atoms with Crippen molar-refractivity contribution in [2.45, 2.75) is 64.7 Å². The number of fused-ring (bicyclic) bond motifs is 1. The van der Waals surface area contributed by atoms with Crippen LogP contribution in [0.5, 0.6) is 5.75 Å². The average Bonchev–Trinajstić information content (AvgIpc) is 2.58. The SMILES string of the molecule is CCCCCCCN1CCCc2cc(OCCCCBr)ccc21. The molecular formula is C20H32BrNO. The van der Waals surface area contributed by atoms with Gasteiger partial charge in [-0.2, -0.15) is 0 Å². The first-order valence-corrected chi connectivity index (χ1v) is 10.5. The van der Waals surface area contributed by atoms with Crippen LogP contribution in [0.25, 0.3) is 0 Å². The van der Waals surface area contributed by atoms with E-state index in [4.69, 9.17) is 4.74 Å². The number of nitrogens with zero attached hydrogens (tertiary/aromatic N) is 1. The molecule has 0 unspecified atom stereocenters. The Morgan fingerprint density at radius 3 is 2.78 bits per heavy atom. The van der Waals surface area contributed by atoms with Gasteiger partial charge in [-0.1, -0.05) is 48.5 Å². The quantitative estimate of drug-likeness (QED) is 0.346. The molecule has 2 rings (SSSR count). The van der Waals surface area contributed by atoms with E-state index in [0.29, 0.717) is 0 Å². The Kier molecular flexibility index (Phi) is 8.88. The van der Waals surface area contributed by atoms with Crippen molar-refractivity contribution in [2.24, 2.45) is 0 Å². The molecule has 1 aromatic carbocycles. The molecule has 3 heteroatoms. The van der Waals surface area contributed by atoms with E-state index in [1.54, 1.807) is 0 Å². The summed E-state index contributed by atoms with van der Waals surface area (Å²) >= 11 is 3.46. The van der Waals surface area contributed by atoms with Gasteiger partial charge in [0, 0.05) is 24.1 Å². The minimum absolute atomic E-state index is 0.825. The molecule has 1 aliphatic heterocycles. The highest BCUT2D eigenvalue weighted by atomic mass is 79.9. The summed E-state index contributed by atoms with van der Waals surface area (Å²) in [5.74, 6) is 1.04. The largest absolute Gasteiger partial charge is 0.494 e. The Morgan fingerprint density at radius 2 is 1.96 bits per heavy atom. The van der Waals surface area contributed by atoms with Gasteiger partial charge in [0.25, 0.3) is 0 Å². The fourth-order valence-corrected chi connectivity index (χ4v) is 3.66. The molecule has 0 saturated carbocycles. The van der Waals surface area contributed by atoms with E-state index < -0.39 is 0 Å². The molecule has 1 aromatic rings. The van der Waals surface area contributed by atoms with Gasteiger partial charge in [0.05, 0.1) is 6.61 Å². The van der Waals surface area contributed by atoms with E-state index in [0.717, 1.165) is 24.1 Å². The van der Waals surface area contributed by atoms with Crippen LogP contribution in [-0.4, -0.2) is 25.0 Å². The van der Waals surface area contributed by atoms with Gasteiger partial charge in [-0.05, 0) is 55.9 Å². The van der Waals surface area contributed by atoms with E-state index in [9.17, 15) is 0 Å². The molecule has 0 amide bonds. The number of hydrogen-bond acceptors (Lipinski definition) is 2. The van der Waals surface area contributed by atoms with Crippen molar-refractivity contribution in [3.8, 4) is 5.75 Å². The number of anilines is 1. The van der Waals surface area contributed by atoms with E-state index in [1.807, 2.05) is 0 Å². The second-order valence-corrected chi connectivity index (χ2v) is 7.33. The second kappa shape index (κ2) is 11.0. The highest BCUT2D eigenvalue weighted by Gasteiger charge is 2.16. The monoisotopic (exact) mass is 381 g/mol. The molecule has 0 N–H and O–H groups in total. The Hall–Kier alpha value is -0.700. The maximum Gasteiger partial charge on any atom is 0.119 e. The smallest absolute Gasteiger partial charge is 0.119 e. The normalized spacial score (nSPS) is 13.9. The number of unbranched alkanes of at least 4 members (excludes halogenated alkanes) is 5. The van der Waals surface area contributed by atoms with Crippen molar-refractivity contribution in [2.75, 3.05) is 29.9 Å². The minimum atomic E-state index is 0.825. The van der Waals surface area contributed by atoms with Crippen molar-refractivity contribution >= 4 is 21.6 Å². The van der Waals surface area contributed by atoms with Gasteiger partial charge in [0.1, 0.15) is 5.75 Å². The van der Waals surface area contributed by atoms with Crippen LogP contribution in [0, 0.1) is 0 Å². The molecule has 0 bridgehead atoms. The van der Waals surface area contributed by atoms with Gasteiger partial charge >= 0.3 is 0 Å². The number of hydrogen-bond donors (Lipinski definition) is 0. The highest BCUT2D eigenvalue weighted by Crippen LogP contribution is 2.31. The number of rotatable bonds is 11. The fourth-order valence-electron chi connectivity index (χ4n) is 3.27. The Labute approximate surface area is 150 Å². The van der Waals surface area contributed by atoms with E-state index in [1.165, 1.54) is 75.7 Å². The zero-order valence-electron chi connectivity index (χ0n) is 14.7. The highest BCUT2D eigenvalue weighted by molar-refractivity contribution is 9.09. The van der Waals surface area contributed by atoms with Crippen LogP contribution in [0.15, 0.2) is 18.2 Å². The van der Waals surface area contributed by atoms with Crippen LogP contribution in [0.1, 0.15) is 63.9 Å². The lowest BCUT2D eigenvalue weighted by Crippen LogP contribution is -2.30. The van der Waals surface area contributed by atoms with Crippen molar-refractivity contribution in [3.63, 3.8) is 0 Å². The van der Waals surface area contributed by atoms with Crippen molar-refractivity contribution in [1.29, 1.82) is 0 Å². The summed E-state index contributed by atoms with van der Waals surface area (Å²) in [7, 11) is 0. The van der Waals surface area contributed by atoms with Crippen LogP contribution in [0.3, 0.4) is 0 Å². The molecular weight excluding hydrogens is 350 g/mol. The maximum atomic E-state index is 5.90. The first-order chi connectivity index (χ1) is 11.3. The fraction of sp³-hybridized carbons (Fsp3) is 0.700. The number of alkyl halides is 1. The molecule has 2 nitrogen and oxygen atoms in total. The summed E-state index contributed by atoms with van der Waals surface area (Å²) in [5, 5.41) is 1.06. The van der Waals surface area contributed by atoms with E-state index in [-0.39, 0.29) is 0 Å². The number of ether oxygens (including phenoxy) is 1. The van der Waals surface area contributed by atoms with E-state index in [2.05, 4.69) is 46.0 Å². The lowest BCUT2D eigenvalue weighted by Gasteiger charge is -2.31. The first kappa shape index (κ1) is 18.6. The molecule has 130 valence electrons. The molecule has 0 aromatic heterocycles. The van der Waals surface area contributed by atoms with Gasteiger partial charge in [0.15, 0.2) is 0 Å². The molecule has 0 fully saturated rings. The summed E-state index contributed by atoms with van der Waals surface area (Å²) in [6.45, 7) is 5.53. The molecule has 0 atom stereocenters. The number of aryl methyl sites for hydroxylation is 1. The maximum absolute atomic E-state index is 5.90. The lowest BCUT2D eigenvalue weighted by atomic mass is 10.0. The van der Waals surface area contributed by atoms with Crippen LogP contribution in [0.2, 0.25) is 0 Å².